The van der Waals surface area contributed by atoms with E-state index in [4.69, 9.17) is 16.3 Å². The normalized spacial score (nSPS) is 12.2. The van der Waals surface area contributed by atoms with Crippen molar-refractivity contribution in [2.24, 2.45) is 0 Å². The van der Waals surface area contributed by atoms with Crippen molar-refractivity contribution in [1.82, 2.24) is 5.32 Å². The number of nitrogens with one attached hydrogen (secondary N) is 1. The van der Waals surface area contributed by atoms with Crippen LogP contribution in [0.25, 0.3) is 0 Å². The van der Waals surface area contributed by atoms with Crippen molar-refractivity contribution >= 4 is 11.6 Å². The summed E-state index contributed by atoms with van der Waals surface area (Å²) >= 11 is 5.89. The van der Waals surface area contributed by atoms with E-state index in [0.717, 1.165) is 16.9 Å². The van der Waals surface area contributed by atoms with Gasteiger partial charge in [0, 0.05) is 12.6 Å². The fraction of sp³-hybridized carbons (Fsp3) is 0.250. The average Bonchev–Trinajstić information content (AvgIpc) is 2.48. The molecule has 3 nitrogen and oxygen atoms in total. The monoisotopic (exact) mass is 291 g/mol. The molecule has 0 amide bonds. The lowest BCUT2D eigenvalue weighted by atomic mass is 10.1. The third-order valence-corrected chi connectivity index (χ3v) is 3.52. The van der Waals surface area contributed by atoms with Crippen molar-refractivity contribution in [3.63, 3.8) is 0 Å². The van der Waals surface area contributed by atoms with Gasteiger partial charge in [0.15, 0.2) is 0 Å². The molecule has 0 aliphatic carbocycles. The van der Waals surface area contributed by atoms with Gasteiger partial charge >= 0.3 is 0 Å². The molecule has 0 radical (unpaired) electrons. The largest absolute Gasteiger partial charge is 0.506 e. The van der Waals surface area contributed by atoms with Crippen LogP contribution in [0.4, 0.5) is 0 Å². The van der Waals surface area contributed by atoms with Gasteiger partial charge in [-0.1, -0.05) is 29.8 Å². The third kappa shape index (κ3) is 3.65. The number of rotatable bonds is 5. The van der Waals surface area contributed by atoms with E-state index in [-0.39, 0.29) is 11.8 Å². The number of ether oxygens (including phenoxy) is 1. The highest BCUT2D eigenvalue weighted by Gasteiger charge is 2.07. The van der Waals surface area contributed by atoms with Crippen LogP contribution in [0.5, 0.6) is 11.5 Å². The van der Waals surface area contributed by atoms with Crippen LogP contribution in [0.2, 0.25) is 5.02 Å². The summed E-state index contributed by atoms with van der Waals surface area (Å²) in [6.07, 6.45) is 0. The van der Waals surface area contributed by atoms with E-state index in [1.54, 1.807) is 19.2 Å². The van der Waals surface area contributed by atoms with E-state index in [2.05, 4.69) is 18.3 Å². The summed E-state index contributed by atoms with van der Waals surface area (Å²) in [5.74, 6) is 0.958. The Morgan fingerprint density at radius 3 is 2.75 bits per heavy atom. The topological polar surface area (TPSA) is 41.5 Å². The standard InChI is InChI=1S/C16H18ClNO2/c1-11(13-4-3-5-14(9-13)20-2)18-10-12-6-7-16(19)15(17)8-12/h3-9,11,18-19H,10H2,1-2H3/t11-/m1/s1. The maximum atomic E-state index is 9.39. The summed E-state index contributed by atoms with van der Waals surface area (Å²) in [7, 11) is 1.66. The molecule has 0 saturated carbocycles. The molecule has 0 spiro atoms. The Morgan fingerprint density at radius 1 is 1.25 bits per heavy atom. The van der Waals surface area contributed by atoms with Crippen LogP contribution in [0.3, 0.4) is 0 Å². The minimum Gasteiger partial charge on any atom is -0.506 e. The predicted octanol–water partition coefficient (Wildman–Crippen LogP) is 3.91. The number of phenols is 1. The number of phenolic OH excluding ortho intramolecular Hbond substituents is 1. The van der Waals surface area contributed by atoms with Gasteiger partial charge in [0.2, 0.25) is 0 Å². The highest BCUT2D eigenvalue weighted by molar-refractivity contribution is 6.32. The van der Waals surface area contributed by atoms with Crippen molar-refractivity contribution < 1.29 is 9.84 Å². The first-order chi connectivity index (χ1) is 9.60. The van der Waals surface area contributed by atoms with E-state index in [1.807, 2.05) is 24.3 Å². The molecule has 106 valence electrons. The molecular weight excluding hydrogens is 274 g/mol. The Hall–Kier alpha value is -1.71. The Kier molecular flexibility index (Phi) is 4.88. The van der Waals surface area contributed by atoms with E-state index in [0.29, 0.717) is 11.6 Å². The van der Waals surface area contributed by atoms with Gasteiger partial charge in [-0.25, -0.2) is 0 Å². The molecule has 2 N–H and O–H groups in total. The molecule has 0 aliphatic heterocycles. The maximum Gasteiger partial charge on any atom is 0.134 e. The number of halogens is 1. The van der Waals surface area contributed by atoms with Crippen molar-refractivity contribution in [2.75, 3.05) is 7.11 Å². The van der Waals surface area contributed by atoms with Crippen molar-refractivity contribution in [3.05, 3.63) is 58.6 Å². The van der Waals surface area contributed by atoms with Gasteiger partial charge in [-0.2, -0.15) is 0 Å². The van der Waals surface area contributed by atoms with E-state index < -0.39 is 0 Å². The highest BCUT2D eigenvalue weighted by Crippen LogP contribution is 2.24. The second-order valence-corrected chi connectivity index (χ2v) is 5.07. The van der Waals surface area contributed by atoms with Crippen LogP contribution in [0.15, 0.2) is 42.5 Å². The third-order valence-electron chi connectivity index (χ3n) is 3.22. The van der Waals surface area contributed by atoms with Crippen LogP contribution in [0, 0.1) is 0 Å². The molecule has 0 fully saturated rings. The Balaban J connectivity index is 2.00. The van der Waals surface area contributed by atoms with Crippen LogP contribution >= 0.6 is 11.6 Å². The Morgan fingerprint density at radius 2 is 2.05 bits per heavy atom. The van der Waals surface area contributed by atoms with Gasteiger partial charge in [-0.15, -0.1) is 0 Å². The first-order valence-electron chi connectivity index (χ1n) is 6.45. The predicted molar refractivity (Wildman–Crippen MR) is 81.4 cm³/mol. The Labute approximate surface area is 124 Å². The molecule has 0 bridgehead atoms. The number of methoxy groups -OCH3 is 1. The minimum absolute atomic E-state index is 0.108. The van der Waals surface area contributed by atoms with Gasteiger partial charge in [-0.3, -0.25) is 0 Å². The number of benzene rings is 2. The van der Waals surface area contributed by atoms with Crippen molar-refractivity contribution in [3.8, 4) is 11.5 Å². The molecule has 0 unspecified atom stereocenters. The molecule has 0 heterocycles. The summed E-state index contributed by atoms with van der Waals surface area (Å²) in [5.41, 5.74) is 2.19. The first-order valence-corrected chi connectivity index (χ1v) is 6.82. The highest BCUT2D eigenvalue weighted by atomic mass is 35.5. The van der Waals surface area contributed by atoms with E-state index in [1.165, 1.54) is 0 Å². The van der Waals surface area contributed by atoms with E-state index >= 15 is 0 Å². The number of aromatic hydroxyl groups is 1. The van der Waals surface area contributed by atoms with Gasteiger partial charge in [0.1, 0.15) is 11.5 Å². The van der Waals surface area contributed by atoms with Gasteiger partial charge in [0.05, 0.1) is 12.1 Å². The SMILES string of the molecule is COc1cccc([C@@H](C)NCc2ccc(O)c(Cl)c2)c1. The second-order valence-electron chi connectivity index (χ2n) is 4.66. The Bertz CT molecular complexity index is 586. The van der Waals surface area contributed by atoms with Crippen LogP contribution in [-0.2, 0) is 6.54 Å². The van der Waals surface area contributed by atoms with Crippen molar-refractivity contribution in [2.45, 2.75) is 19.5 Å². The van der Waals surface area contributed by atoms with Crippen LogP contribution < -0.4 is 10.1 Å². The molecule has 0 aliphatic rings. The van der Waals surface area contributed by atoms with Crippen LogP contribution in [-0.4, -0.2) is 12.2 Å². The first kappa shape index (κ1) is 14.7. The lowest BCUT2D eigenvalue weighted by Gasteiger charge is -2.15. The average molecular weight is 292 g/mol. The fourth-order valence-electron chi connectivity index (χ4n) is 1.96. The summed E-state index contributed by atoms with van der Waals surface area (Å²) < 4.78 is 5.22. The second kappa shape index (κ2) is 6.64. The molecule has 2 aromatic carbocycles. The smallest absolute Gasteiger partial charge is 0.134 e. The summed E-state index contributed by atoms with van der Waals surface area (Å²) in [6, 6.07) is 13.4. The minimum atomic E-state index is 0.108. The zero-order valence-corrected chi connectivity index (χ0v) is 12.3. The fourth-order valence-corrected chi connectivity index (χ4v) is 2.16. The molecule has 20 heavy (non-hydrogen) atoms. The summed E-state index contributed by atoms with van der Waals surface area (Å²) in [6.45, 7) is 2.77. The van der Waals surface area contributed by atoms with Gasteiger partial charge < -0.3 is 15.2 Å². The number of hydrogen-bond donors (Lipinski definition) is 2. The molecule has 4 heteroatoms. The molecule has 0 aromatic heterocycles. The zero-order valence-electron chi connectivity index (χ0n) is 11.6. The lowest BCUT2D eigenvalue weighted by Crippen LogP contribution is -2.18. The van der Waals surface area contributed by atoms with Gasteiger partial charge in [0.25, 0.3) is 0 Å². The summed E-state index contributed by atoms with van der Waals surface area (Å²) in [5, 5.41) is 13.2. The summed E-state index contributed by atoms with van der Waals surface area (Å²) in [4.78, 5) is 0. The molecule has 2 aromatic rings. The lowest BCUT2D eigenvalue weighted by molar-refractivity contribution is 0.413. The number of hydrogen-bond acceptors (Lipinski definition) is 3. The maximum absolute atomic E-state index is 9.39. The van der Waals surface area contributed by atoms with Gasteiger partial charge in [-0.05, 0) is 42.3 Å². The van der Waals surface area contributed by atoms with Crippen molar-refractivity contribution in [1.29, 1.82) is 0 Å². The van der Waals surface area contributed by atoms with Crippen LogP contribution in [0.1, 0.15) is 24.1 Å². The molecule has 1 atom stereocenters. The zero-order chi connectivity index (χ0) is 14.5. The quantitative estimate of drug-likeness (QED) is 0.878. The molecule has 0 saturated heterocycles. The van der Waals surface area contributed by atoms with E-state index in [9.17, 15) is 5.11 Å². The molecular formula is C16H18ClNO2. The molecule has 2 rings (SSSR count).